The lowest BCUT2D eigenvalue weighted by atomic mass is 9.93. The maximum atomic E-state index is 11.2. The molecule has 4 N–H and O–H groups in total. The normalized spacial score (nSPS) is 29.9. The van der Waals surface area contributed by atoms with Gasteiger partial charge in [0.1, 0.15) is 5.41 Å². The summed E-state index contributed by atoms with van der Waals surface area (Å²) < 4.78 is 0. The maximum absolute atomic E-state index is 11.2. The smallest absolute Gasteiger partial charge is 0.314 e. The molecule has 1 fully saturated rings. The summed E-state index contributed by atoms with van der Waals surface area (Å²) >= 11 is 0. The molecule has 0 saturated heterocycles. The lowest BCUT2D eigenvalue weighted by Crippen LogP contribution is -2.52. The van der Waals surface area contributed by atoms with Crippen molar-refractivity contribution in [3.05, 3.63) is 35.9 Å². The summed E-state index contributed by atoms with van der Waals surface area (Å²) in [6.07, 6.45) is 0.732. The van der Waals surface area contributed by atoms with Crippen LogP contribution in [0, 0.1) is 5.92 Å². The van der Waals surface area contributed by atoms with Crippen molar-refractivity contribution in [1.82, 2.24) is 0 Å². The summed E-state index contributed by atoms with van der Waals surface area (Å²) in [5.41, 5.74) is 4.07. The van der Waals surface area contributed by atoms with Crippen LogP contribution in [0.4, 0.5) is 0 Å². The van der Waals surface area contributed by atoms with Crippen LogP contribution in [-0.2, 0) is 10.2 Å². The van der Waals surface area contributed by atoms with Gasteiger partial charge in [-0.05, 0) is 12.0 Å². The van der Waals surface area contributed by atoms with E-state index in [9.17, 15) is 9.90 Å². The Balaban J connectivity index is 2.36. The molecule has 0 heterocycles. The monoisotopic (exact) mass is 192 g/mol. The number of benzene rings is 1. The van der Waals surface area contributed by atoms with Crippen molar-refractivity contribution in [2.45, 2.75) is 11.8 Å². The molecule has 3 nitrogen and oxygen atoms in total. The van der Waals surface area contributed by atoms with Gasteiger partial charge < -0.3 is 10.8 Å². The number of hydrogen-bond acceptors (Lipinski definition) is 1. The van der Waals surface area contributed by atoms with Gasteiger partial charge in [-0.3, -0.25) is 4.79 Å². The number of carbonyl (C=O) groups is 1. The summed E-state index contributed by atoms with van der Waals surface area (Å²) in [6.45, 7) is 0.696. The first-order chi connectivity index (χ1) is 6.71. The molecule has 0 aliphatic heterocycles. The topological polar surface area (TPSA) is 64.9 Å². The predicted molar refractivity (Wildman–Crippen MR) is 51.6 cm³/mol. The van der Waals surface area contributed by atoms with Crippen molar-refractivity contribution >= 4 is 5.97 Å². The minimum Gasteiger partial charge on any atom is -0.481 e. The van der Waals surface area contributed by atoms with E-state index in [0.717, 1.165) is 12.0 Å². The molecule has 1 aromatic rings. The van der Waals surface area contributed by atoms with Crippen molar-refractivity contribution in [2.24, 2.45) is 5.92 Å². The van der Waals surface area contributed by atoms with Crippen LogP contribution in [0.3, 0.4) is 0 Å². The quantitative estimate of drug-likeness (QED) is 0.722. The van der Waals surface area contributed by atoms with Crippen molar-refractivity contribution < 1.29 is 15.6 Å². The molecular weight excluding hydrogens is 178 g/mol. The molecule has 1 aliphatic rings. The SMILES string of the molecule is [NH3+]CC1CC1(C(=O)O)c1ccccc1. The summed E-state index contributed by atoms with van der Waals surface area (Å²) in [4.78, 5) is 11.2. The molecule has 0 aromatic heterocycles. The van der Waals surface area contributed by atoms with Crippen molar-refractivity contribution in [2.75, 3.05) is 6.54 Å². The Kier molecular flexibility index (Phi) is 2.04. The number of quaternary nitrogens is 1. The van der Waals surface area contributed by atoms with Gasteiger partial charge in [0.25, 0.3) is 0 Å². The molecule has 0 spiro atoms. The van der Waals surface area contributed by atoms with Gasteiger partial charge in [0, 0.05) is 5.92 Å². The van der Waals surface area contributed by atoms with E-state index in [2.05, 4.69) is 5.73 Å². The number of carboxylic acids is 1. The highest BCUT2D eigenvalue weighted by atomic mass is 16.4. The Labute approximate surface area is 82.5 Å². The molecule has 14 heavy (non-hydrogen) atoms. The predicted octanol–water partition coefficient (Wildman–Crippen LogP) is 0.271. The van der Waals surface area contributed by atoms with E-state index in [4.69, 9.17) is 0 Å². The van der Waals surface area contributed by atoms with Gasteiger partial charge in [-0.15, -0.1) is 0 Å². The van der Waals surface area contributed by atoms with Crippen LogP contribution in [0.5, 0.6) is 0 Å². The van der Waals surface area contributed by atoms with Crippen molar-refractivity contribution in [3.63, 3.8) is 0 Å². The standard InChI is InChI=1S/C11H13NO2/c12-7-9-6-11(9,10(13)14)8-4-2-1-3-5-8/h1-5,9H,6-7,12H2,(H,13,14)/p+1. The van der Waals surface area contributed by atoms with Gasteiger partial charge in [-0.2, -0.15) is 0 Å². The second kappa shape index (κ2) is 3.10. The number of aliphatic carboxylic acids is 1. The first-order valence-electron chi connectivity index (χ1n) is 4.80. The number of rotatable bonds is 3. The van der Waals surface area contributed by atoms with Gasteiger partial charge in [0.05, 0.1) is 6.54 Å². The zero-order valence-corrected chi connectivity index (χ0v) is 7.94. The lowest BCUT2D eigenvalue weighted by molar-refractivity contribution is -0.373. The van der Waals surface area contributed by atoms with E-state index < -0.39 is 11.4 Å². The molecule has 3 heteroatoms. The molecule has 2 unspecified atom stereocenters. The zero-order valence-electron chi connectivity index (χ0n) is 7.94. The summed E-state index contributed by atoms with van der Waals surface area (Å²) in [5, 5.41) is 9.23. The van der Waals surface area contributed by atoms with E-state index in [1.807, 2.05) is 30.3 Å². The maximum Gasteiger partial charge on any atom is 0.314 e. The van der Waals surface area contributed by atoms with Crippen LogP contribution in [0.25, 0.3) is 0 Å². The van der Waals surface area contributed by atoms with Crippen LogP contribution in [0.1, 0.15) is 12.0 Å². The van der Waals surface area contributed by atoms with E-state index in [1.165, 1.54) is 0 Å². The summed E-state index contributed by atoms with van der Waals surface area (Å²) in [5.74, 6) is -0.500. The molecule has 0 radical (unpaired) electrons. The average Bonchev–Trinajstić information content (AvgIpc) is 2.94. The molecule has 1 aliphatic carbocycles. The minimum atomic E-state index is -0.711. The van der Waals surface area contributed by atoms with Crippen LogP contribution in [0.15, 0.2) is 30.3 Å². The Morgan fingerprint density at radius 1 is 1.50 bits per heavy atom. The van der Waals surface area contributed by atoms with E-state index in [1.54, 1.807) is 0 Å². The molecule has 1 aromatic carbocycles. The molecule has 2 atom stereocenters. The van der Waals surface area contributed by atoms with Gasteiger partial charge in [-0.25, -0.2) is 0 Å². The third-order valence-electron chi connectivity index (χ3n) is 3.12. The zero-order chi connectivity index (χ0) is 10.2. The van der Waals surface area contributed by atoms with Crippen LogP contribution >= 0.6 is 0 Å². The van der Waals surface area contributed by atoms with E-state index >= 15 is 0 Å². The van der Waals surface area contributed by atoms with Gasteiger partial charge >= 0.3 is 5.97 Å². The fourth-order valence-corrected chi connectivity index (χ4v) is 2.15. The Bertz CT molecular complexity index is 350. The van der Waals surface area contributed by atoms with Gasteiger partial charge in [0.15, 0.2) is 0 Å². The number of hydrogen-bond donors (Lipinski definition) is 2. The second-order valence-electron chi connectivity index (χ2n) is 3.83. The largest absolute Gasteiger partial charge is 0.481 e. The second-order valence-corrected chi connectivity index (χ2v) is 3.83. The third-order valence-corrected chi connectivity index (χ3v) is 3.12. The van der Waals surface area contributed by atoms with Crippen LogP contribution < -0.4 is 5.73 Å². The first-order valence-corrected chi connectivity index (χ1v) is 4.80. The fraction of sp³-hybridized carbons (Fsp3) is 0.364. The third kappa shape index (κ3) is 1.13. The highest BCUT2D eigenvalue weighted by molar-refractivity contribution is 5.85. The molecular formula is C11H14NO2+. The summed E-state index contributed by atoms with van der Waals surface area (Å²) in [7, 11) is 0. The molecule has 74 valence electrons. The van der Waals surface area contributed by atoms with E-state index in [0.29, 0.717) is 6.54 Å². The van der Waals surface area contributed by atoms with Crippen LogP contribution in [-0.4, -0.2) is 17.6 Å². The Morgan fingerprint density at radius 2 is 2.14 bits per heavy atom. The number of carboxylic acid groups (broad SMARTS) is 1. The molecule has 0 bridgehead atoms. The van der Waals surface area contributed by atoms with Crippen molar-refractivity contribution in [1.29, 1.82) is 0 Å². The van der Waals surface area contributed by atoms with Crippen molar-refractivity contribution in [3.8, 4) is 0 Å². The molecule has 2 rings (SSSR count). The highest BCUT2D eigenvalue weighted by Crippen LogP contribution is 2.53. The minimum absolute atomic E-state index is 0.211. The average molecular weight is 192 g/mol. The van der Waals surface area contributed by atoms with Gasteiger partial charge in [0.2, 0.25) is 0 Å². The summed E-state index contributed by atoms with van der Waals surface area (Å²) in [6, 6.07) is 9.46. The Hall–Kier alpha value is -1.35. The van der Waals surface area contributed by atoms with Gasteiger partial charge in [-0.1, -0.05) is 30.3 Å². The lowest BCUT2D eigenvalue weighted by Gasteiger charge is -2.10. The first kappa shape index (κ1) is 9.21. The van der Waals surface area contributed by atoms with E-state index in [-0.39, 0.29) is 5.92 Å². The highest BCUT2D eigenvalue weighted by Gasteiger charge is 2.61. The molecule has 0 amide bonds. The Morgan fingerprint density at radius 3 is 2.57 bits per heavy atom. The fourth-order valence-electron chi connectivity index (χ4n) is 2.15. The molecule has 1 saturated carbocycles. The van der Waals surface area contributed by atoms with Crippen LogP contribution in [0.2, 0.25) is 0 Å².